The Kier molecular flexibility index (Phi) is 15.1. The van der Waals surface area contributed by atoms with Gasteiger partial charge in [0.2, 0.25) is 0 Å². The van der Waals surface area contributed by atoms with Crippen molar-refractivity contribution in [3.05, 3.63) is 0 Å². The van der Waals surface area contributed by atoms with Crippen molar-refractivity contribution >= 4 is 10.1 Å². The number of rotatable bonds is 11. The summed E-state index contributed by atoms with van der Waals surface area (Å²) in [6, 6.07) is 0. The van der Waals surface area contributed by atoms with Crippen molar-refractivity contribution in [1.29, 1.82) is 0 Å². The van der Waals surface area contributed by atoms with E-state index in [1.54, 1.807) is 0 Å². The minimum atomic E-state index is -3.67. The average molecular weight is 364 g/mol. The predicted octanol–water partition coefficient (Wildman–Crippen LogP) is 5.14. The Balaban J connectivity index is 0.000000922. The van der Waals surface area contributed by atoms with Crippen LogP contribution in [0.5, 0.6) is 0 Å². The van der Waals surface area contributed by atoms with Crippen LogP contribution in [0.2, 0.25) is 0 Å². The third-order valence-corrected chi connectivity index (χ3v) is 4.75. The highest BCUT2D eigenvalue weighted by atomic mass is 32.2. The number of hydrogen-bond acceptors (Lipinski definition) is 3. The first-order chi connectivity index (χ1) is 11.4. The van der Waals surface area contributed by atoms with Gasteiger partial charge < -0.3 is 4.90 Å². The van der Waals surface area contributed by atoms with Crippen molar-refractivity contribution in [3.63, 3.8) is 0 Å². The Morgan fingerprint density at radius 1 is 0.875 bits per heavy atom. The Hall–Kier alpha value is -0.130. The van der Waals surface area contributed by atoms with Gasteiger partial charge in [-0.15, -0.1) is 0 Å². The summed E-state index contributed by atoms with van der Waals surface area (Å²) in [5.41, 5.74) is 0. The second-order valence-electron chi connectivity index (χ2n) is 7.28. The lowest BCUT2D eigenvalue weighted by Gasteiger charge is -2.32. The summed E-state index contributed by atoms with van der Waals surface area (Å²) in [5.74, 6) is 1.05. The lowest BCUT2D eigenvalue weighted by Crippen LogP contribution is -2.34. The molecule has 24 heavy (non-hydrogen) atoms. The summed E-state index contributed by atoms with van der Waals surface area (Å²) in [6.07, 6.45) is 18.0. The third kappa shape index (κ3) is 18.2. The van der Waals surface area contributed by atoms with E-state index in [2.05, 4.69) is 18.7 Å². The predicted molar refractivity (Wildman–Crippen MR) is 104 cm³/mol. The molecule has 1 aliphatic rings. The second-order valence-corrected chi connectivity index (χ2v) is 8.75. The highest BCUT2D eigenvalue weighted by Gasteiger charge is 2.17. The van der Waals surface area contributed by atoms with Gasteiger partial charge in [-0.1, -0.05) is 71.6 Å². The summed E-state index contributed by atoms with van der Waals surface area (Å²) >= 11 is 0. The molecule has 0 unspecified atom stereocenters. The molecule has 5 heteroatoms. The molecule has 0 spiro atoms. The fourth-order valence-electron chi connectivity index (χ4n) is 3.28. The zero-order valence-corrected chi connectivity index (χ0v) is 17.1. The largest absolute Gasteiger partial charge is 0.303 e. The second kappa shape index (κ2) is 15.2. The van der Waals surface area contributed by atoms with Gasteiger partial charge in [0, 0.05) is 0 Å². The minimum absolute atomic E-state index is 0.715. The number of likely N-dealkylation sites (tertiary alicyclic amines) is 1. The summed E-state index contributed by atoms with van der Waals surface area (Å²) in [7, 11) is -3.67. The average Bonchev–Trinajstić information content (AvgIpc) is 2.51. The lowest BCUT2D eigenvalue weighted by atomic mass is 9.91. The molecule has 4 nitrogen and oxygen atoms in total. The van der Waals surface area contributed by atoms with Gasteiger partial charge in [-0.25, -0.2) is 0 Å². The molecule has 0 bridgehead atoms. The Labute approximate surface area is 151 Å². The molecular weight excluding hydrogens is 322 g/mol. The van der Waals surface area contributed by atoms with Crippen LogP contribution in [0, 0.1) is 5.92 Å². The fraction of sp³-hybridized carbons (Fsp3) is 1.00. The Bertz CT molecular complexity index is 355. The van der Waals surface area contributed by atoms with Crippen LogP contribution >= 0.6 is 0 Å². The molecule has 1 rings (SSSR count). The number of nitrogens with zero attached hydrogens (tertiary/aromatic N) is 1. The standard InChI is InChI=1S/C18H37N.CH4O3S/c1-3-5-7-8-9-10-11-15-19-16-13-18(14-17-19)12-6-4-2;1-5(2,3)4/h18H,3-17H2,1-2H3;1H3,(H,2,3,4). The molecule has 146 valence electrons. The van der Waals surface area contributed by atoms with Gasteiger partial charge in [-0.2, -0.15) is 8.42 Å². The summed E-state index contributed by atoms with van der Waals surface area (Å²) in [5, 5.41) is 0. The van der Waals surface area contributed by atoms with Crippen LogP contribution in [0.4, 0.5) is 0 Å². The van der Waals surface area contributed by atoms with Gasteiger partial charge in [0.1, 0.15) is 0 Å². The molecule has 0 radical (unpaired) electrons. The van der Waals surface area contributed by atoms with Crippen LogP contribution in [0.25, 0.3) is 0 Å². The van der Waals surface area contributed by atoms with E-state index >= 15 is 0 Å². The lowest BCUT2D eigenvalue weighted by molar-refractivity contribution is 0.174. The molecule has 0 aromatic heterocycles. The Morgan fingerprint density at radius 2 is 1.33 bits per heavy atom. The number of hydrogen-bond donors (Lipinski definition) is 1. The highest BCUT2D eigenvalue weighted by Crippen LogP contribution is 2.22. The van der Waals surface area contributed by atoms with Crippen LogP contribution in [-0.2, 0) is 10.1 Å². The van der Waals surface area contributed by atoms with Crippen molar-refractivity contribution in [2.75, 3.05) is 25.9 Å². The van der Waals surface area contributed by atoms with E-state index in [1.165, 1.54) is 96.7 Å². The fourth-order valence-corrected chi connectivity index (χ4v) is 3.28. The minimum Gasteiger partial charge on any atom is -0.303 e. The molecular formula is C19H41NO3S. The molecule has 0 amide bonds. The van der Waals surface area contributed by atoms with Gasteiger partial charge >= 0.3 is 0 Å². The molecule has 0 saturated carbocycles. The smallest absolute Gasteiger partial charge is 0.261 e. The first-order valence-electron chi connectivity index (χ1n) is 10.0. The maximum absolute atomic E-state index is 9.19. The van der Waals surface area contributed by atoms with Crippen molar-refractivity contribution < 1.29 is 13.0 Å². The van der Waals surface area contributed by atoms with Gasteiger partial charge in [0.05, 0.1) is 6.26 Å². The molecule has 0 aromatic carbocycles. The van der Waals surface area contributed by atoms with E-state index in [0.29, 0.717) is 6.26 Å². The van der Waals surface area contributed by atoms with Crippen molar-refractivity contribution in [2.45, 2.75) is 90.9 Å². The monoisotopic (exact) mass is 363 g/mol. The quantitative estimate of drug-likeness (QED) is 0.408. The summed E-state index contributed by atoms with van der Waals surface area (Å²) < 4.78 is 25.9. The summed E-state index contributed by atoms with van der Waals surface area (Å²) in [4.78, 5) is 2.72. The topological polar surface area (TPSA) is 57.6 Å². The van der Waals surface area contributed by atoms with E-state index in [9.17, 15) is 8.42 Å². The molecule has 1 N–H and O–H groups in total. The zero-order chi connectivity index (χ0) is 18.3. The molecule has 1 fully saturated rings. The summed E-state index contributed by atoms with van der Waals surface area (Å²) in [6.45, 7) is 8.74. The molecule has 0 aliphatic carbocycles. The van der Waals surface area contributed by atoms with Crippen molar-refractivity contribution in [2.24, 2.45) is 5.92 Å². The molecule has 0 aromatic rings. The SMILES string of the molecule is CCCCCCCCCN1CCC(CCCC)CC1.CS(=O)(=O)O. The van der Waals surface area contributed by atoms with Gasteiger partial charge in [-0.05, 0) is 44.8 Å². The van der Waals surface area contributed by atoms with Crippen LogP contribution < -0.4 is 0 Å². The van der Waals surface area contributed by atoms with Crippen molar-refractivity contribution in [1.82, 2.24) is 4.90 Å². The first-order valence-corrected chi connectivity index (χ1v) is 11.9. The third-order valence-electron chi connectivity index (χ3n) is 4.75. The van der Waals surface area contributed by atoms with Crippen LogP contribution in [0.1, 0.15) is 90.9 Å². The highest BCUT2D eigenvalue weighted by molar-refractivity contribution is 7.85. The molecule has 1 heterocycles. The van der Waals surface area contributed by atoms with Crippen LogP contribution in [0.15, 0.2) is 0 Å². The molecule has 1 saturated heterocycles. The van der Waals surface area contributed by atoms with Gasteiger partial charge in [0.15, 0.2) is 0 Å². The normalized spacial score (nSPS) is 16.7. The number of piperidine rings is 1. The van der Waals surface area contributed by atoms with Gasteiger partial charge in [-0.3, -0.25) is 4.55 Å². The van der Waals surface area contributed by atoms with Crippen LogP contribution in [-0.4, -0.2) is 43.8 Å². The molecule has 0 atom stereocenters. The molecule has 1 aliphatic heterocycles. The van der Waals surface area contributed by atoms with Gasteiger partial charge in [0.25, 0.3) is 10.1 Å². The van der Waals surface area contributed by atoms with E-state index in [-0.39, 0.29) is 0 Å². The van der Waals surface area contributed by atoms with E-state index in [1.807, 2.05) is 0 Å². The first kappa shape index (κ1) is 23.9. The maximum Gasteiger partial charge on any atom is 0.261 e. The van der Waals surface area contributed by atoms with Crippen molar-refractivity contribution in [3.8, 4) is 0 Å². The zero-order valence-electron chi connectivity index (χ0n) is 16.3. The van der Waals surface area contributed by atoms with E-state index < -0.39 is 10.1 Å². The maximum atomic E-state index is 9.19. The van der Waals surface area contributed by atoms with E-state index in [0.717, 1.165) is 5.92 Å². The van der Waals surface area contributed by atoms with E-state index in [4.69, 9.17) is 4.55 Å². The number of unbranched alkanes of at least 4 members (excludes halogenated alkanes) is 7. The Morgan fingerprint density at radius 3 is 1.83 bits per heavy atom. The van der Waals surface area contributed by atoms with Crippen LogP contribution in [0.3, 0.4) is 0 Å².